The number of rotatable bonds is 20. The number of halogens is 1. The van der Waals surface area contributed by atoms with E-state index in [0.717, 1.165) is 12.0 Å². The van der Waals surface area contributed by atoms with Gasteiger partial charge >= 0.3 is 5.97 Å². The van der Waals surface area contributed by atoms with Crippen LogP contribution in [0.5, 0.6) is 0 Å². The molecule has 2 nitrogen and oxygen atoms in total. The van der Waals surface area contributed by atoms with E-state index in [0.29, 0.717) is 10.8 Å². The van der Waals surface area contributed by atoms with Crippen molar-refractivity contribution in [2.24, 2.45) is 0 Å². The number of carbonyl (C=O) groups is 1. The molecular weight excluding hydrogens is 412 g/mol. The number of hydrogen-bond donors (Lipinski definition) is 0. The topological polar surface area (TPSA) is 26.3 Å². The van der Waals surface area contributed by atoms with Gasteiger partial charge in [-0.3, -0.25) is 0 Å². The van der Waals surface area contributed by atoms with Gasteiger partial charge in [0, 0.05) is 10.8 Å². The van der Waals surface area contributed by atoms with E-state index in [-0.39, 0.29) is 5.97 Å². The Bertz CT molecular complexity index is 541. The summed E-state index contributed by atoms with van der Waals surface area (Å²) >= 11 is 7.58. The molecule has 1 aromatic heterocycles. The Morgan fingerprint density at radius 1 is 0.800 bits per heavy atom. The van der Waals surface area contributed by atoms with E-state index in [1.807, 2.05) is 6.07 Å². The number of methoxy groups -OCH3 is 1. The fourth-order valence-corrected chi connectivity index (χ4v) is 5.46. The van der Waals surface area contributed by atoms with Crippen LogP contribution in [-0.2, 0) is 17.0 Å². The molecule has 174 valence electrons. The molecule has 0 spiro atoms. The molecule has 0 radical (unpaired) electrons. The van der Waals surface area contributed by atoms with Crippen molar-refractivity contribution >= 4 is 28.9 Å². The van der Waals surface area contributed by atoms with Crippen LogP contribution in [0, 0.1) is 0 Å². The van der Waals surface area contributed by atoms with Crippen molar-refractivity contribution in [1.29, 1.82) is 0 Å². The zero-order valence-electron chi connectivity index (χ0n) is 19.6. The Hall–Kier alpha value is -0.540. The van der Waals surface area contributed by atoms with Crippen LogP contribution >= 0.6 is 22.9 Å². The molecule has 0 aliphatic carbocycles. The first-order chi connectivity index (χ1) is 14.7. The van der Waals surface area contributed by atoms with Crippen molar-refractivity contribution in [1.82, 2.24) is 0 Å². The minimum absolute atomic E-state index is 0.250. The number of alkyl halides is 1. The van der Waals surface area contributed by atoms with Crippen molar-refractivity contribution in [3.63, 3.8) is 0 Å². The van der Waals surface area contributed by atoms with Crippen molar-refractivity contribution < 1.29 is 9.53 Å². The first-order valence-electron chi connectivity index (χ1n) is 12.5. The van der Waals surface area contributed by atoms with Gasteiger partial charge in [-0.05, 0) is 24.5 Å². The molecule has 4 heteroatoms. The molecule has 1 aromatic rings. The summed E-state index contributed by atoms with van der Waals surface area (Å²) in [6.45, 7) is 2.29. The Kier molecular flexibility index (Phi) is 17.6. The van der Waals surface area contributed by atoms with Crippen molar-refractivity contribution in [2.45, 2.75) is 128 Å². The molecule has 0 amide bonds. The van der Waals surface area contributed by atoms with E-state index in [1.54, 1.807) is 11.3 Å². The van der Waals surface area contributed by atoms with Crippen LogP contribution in [0.25, 0.3) is 0 Å². The molecule has 0 saturated carbocycles. The monoisotopic (exact) mass is 456 g/mol. The highest BCUT2D eigenvalue weighted by molar-refractivity contribution is 7.14. The lowest BCUT2D eigenvalue weighted by Crippen LogP contribution is -1.96. The number of esters is 1. The van der Waals surface area contributed by atoms with E-state index in [9.17, 15) is 4.79 Å². The molecule has 0 aromatic carbocycles. The third kappa shape index (κ3) is 13.0. The molecule has 1 rings (SSSR count). The van der Waals surface area contributed by atoms with Gasteiger partial charge in [-0.1, -0.05) is 110 Å². The fourth-order valence-electron chi connectivity index (χ4n) is 4.00. The van der Waals surface area contributed by atoms with Crippen molar-refractivity contribution in [3.05, 3.63) is 21.4 Å². The number of ether oxygens (including phenoxy) is 1. The quantitative estimate of drug-likeness (QED) is 0.111. The lowest BCUT2D eigenvalue weighted by molar-refractivity contribution is 0.0606. The smallest absolute Gasteiger partial charge is 0.348 e. The van der Waals surface area contributed by atoms with Gasteiger partial charge in [0.05, 0.1) is 7.11 Å². The molecule has 0 aliphatic rings. The molecule has 0 unspecified atom stereocenters. The minimum Gasteiger partial charge on any atom is -0.465 e. The number of unbranched alkanes of at least 4 members (excludes halogenated alkanes) is 16. The molecule has 0 fully saturated rings. The SMILES string of the molecule is CCCCCCCCCCCCCCCCCCCc1sc(C(=O)OC)cc1CCl. The van der Waals surface area contributed by atoms with Crippen LogP contribution in [0.4, 0.5) is 0 Å². The number of carbonyl (C=O) groups excluding carboxylic acids is 1. The first-order valence-corrected chi connectivity index (χ1v) is 13.8. The van der Waals surface area contributed by atoms with E-state index in [4.69, 9.17) is 16.3 Å². The Balaban J connectivity index is 1.90. The average molecular weight is 457 g/mol. The highest BCUT2D eigenvalue weighted by atomic mass is 35.5. The van der Waals surface area contributed by atoms with Gasteiger partial charge in [-0.25, -0.2) is 4.79 Å². The highest BCUT2D eigenvalue weighted by Gasteiger charge is 2.14. The van der Waals surface area contributed by atoms with Gasteiger partial charge in [0.1, 0.15) is 4.88 Å². The molecule has 0 bridgehead atoms. The van der Waals surface area contributed by atoms with Crippen LogP contribution in [-0.4, -0.2) is 13.1 Å². The zero-order chi connectivity index (χ0) is 21.9. The second-order valence-corrected chi connectivity index (χ2v) is 10.00. The molecule has 0 aliphatic heterocycles. The maximum absolute atomic E-state index is 11.7. The normalized spacial score (nSPS) is 11.2. The molecular formula is C26H45ClO2S. The summed E-state index contributed by atoms with van der Waals surface area (Å²) in [6.07, 6.45) is 24.7. The first kappa shape index (κ1) is 27.5. The molecule has 0 atom stereocenters. The largest absolute Gasteiger partial charge is 0.465 e. The van der Waals surface area contributed by atoms with Gasteiger partial charge in [-0.15, -0.1) is 22.9 Å². The number of hydrogen-bond acceptors (Lipinski definition) is 3. The molecule has 0 saturated heterocycles. The summed E-state index contributed by atoms with van der Waals surface area (Å²) in [5.74, 6) is 0.224. The second-order valence-electron chi connectivity index (χ2n) is 8.59. The summed E-state index contributed by atoms with van der Waals surface area (Å²) < 4.78 is 4.82. The molecule has 1 heterocycles. The number of aryl methyl sites for hydroxylation is 1. The standard InChI is InChI=1S/C26H45ClO2S/c1-3-4-5-6-7-8-9-10-11-12-13-14-15-16-17-18-19-20-24-23(22-27)21-25(30-24)26(28)29-2/h21H,3-20,22H2,1-2H3. The Morgan fingerprint density at radius 3 is 1.63 bits per heavy atom. The fraction of sp³-hybridized carbons (Fsp3) is 0.808. The third-order valence-corrected chi connectivity index (χ3v) is 7.44. The zero-order valence-corrected chi connectivity index (χ0v) is 21.2. The van der Waals surface area contributed by atoms with E-state index >= 15 is 0 Å². The van der Waals surface area contributed by atoms with Gasteiger partial charge in [0.2, 0.25) is 0 Å². The van der Waals surface area contributed by atoms with E-state index in [1.165, 1.54) is 121 Å². The minimum atomic E-state index is -0.250. The molecule has 30 heavy (non-hydrogen) atoms. The van der Waals surface area contributed by atoms with Crippen LogP contribution < -0.4 is 0 Å². The lowest BCUT2D eigenvalue weighted by Gasteiger charge is -2.04. The highest BCUT2D eigenvalue weighted by Crippen LogP contribution is 2.27. The third-order valence-electron chi connectivity index (χ3n) is 5.93. The van der Waals surface area contributed by atoms with Gasteiger partial charge in [-0.2, -0.15) is 0 Å². The van der Waals surface area contributed by atoms with Crippen LogP contribution in [0.1, 0.15) is 136 Å². The van der Waals surface area contributed by atoms with Crippen LogP contribution in [0.2, 0.25) is 0 Å². The van der Waals surface area contributed by atoms with Gasteiger partial charge < -0.3 is 4.74 Å². The second kappa shape index (κ2) is 19.2. The summed E-state index contributed by atoms with van der Waals surface area (Å²) in [6, 6.07) is 1.90. The van der Waals surface area contributed by atoms with Crippen molar-refractivity contribution in [2.75, 3.05) is 7.11 Å². The summed E-state index contributed by atoms with van der Waals surface area (Å²) in [7, 11) is 1.43. The van der Waals surface area contributed by atoms with Gasteiger partial charge in [0.25, 0.3) is 0 Å². The number of thiophene rings is 1. The predicted octanol–water partition coefficient (Wildman–Crippen LogP) is 9.47. The lowest BCUT2D eigenvalue weighted by atomic mass is 10.0. The van der Waals surface area contributed by atoms with Crippen LogP contribution in [0.15, 0.2) is 6.07 Å². The summed E-state index contributed by atoms with van der Waals surface area (Å²) in [5.41, 5.74) is 1.10. The Labute approximate surface area is 195 Å². The van der Waals surface area contributed by atoms with E-state index < -0.39 is 0 Å². The maximum atomic E-state index is 11.7. The van der Waals surface area contributed by atoms with Crippen LogP contribution in [0.3, 0.4) is 0 Å². The molecule has 0 N–H and O–H groups in total. The van der Waals surface area contributed by atoms with E-state index in [2.05, 4.69) is 6.92 Å². The predicted molar refractivity (Wildman–Crippen MR) is 133 cm³/mol. The average Bonchev–Trinajstić information content (AvgIpc) is 3.18. The summed E-state index contributed by atoms with van der Waals surface area (Å²) in [4.78, 5) is 13.6. The van der Waals surface area contributed by atoms with Gasteiger partial charge in [0.15, 0.2) is 0 Å². The Morgan fingerprint density at radius 2 is 1.23 bits per heavy atom. The summed E-state index contributed by atoms with van der Waals surface area (Å²) in [5, 5.41) is 0. The maximum Gasteiger partial charge on any atom is 0.348 e. The van der Waals surface area contributed by atoms with Crippen molar-refractivity contribution in [3.8, 4) is 0 Å².